The number of halogens is 1. The molecule has 1 N–H and O–H groups in total. The van der Waals surface area contributed by atoms with Crippen molar-refractivity contribution < 1.29 is 4.52 Å². The normalized spacial score (nSPS) is 15.0. The lowest BCUT2D eigenvalue weighted by Gasteiger charge is -2.38. The highest BCUT2D eigenvalue weighted by atomic mass is 127. The van der Waals surface area contributed by atoms with Gasteiger partial charge < -0.3 is 19.6 Å². The van der Waals surface area contributed by atoms with Gasteiger partial charge in [-0.05, 0) is 38.0 Å². The van der Waals surface area contributed by atoms with E-state index in [1.165, 1.54) is 16.8 Å². The van der Waals surface area contributed by atoms with E-state index in [4.69, 9.17) is 9.52 Å². The minimum atomic E-state index is 0. The van der Waals surface area contributed by atoms with Crippen LogP contribution in [0.2, 0.25) is 0 Å². The molecule has 1 aromatic heterocycles. The van der Waals surface area contributed by atoms with Crippen LogP contribution in [0.5, 0.6) is 0 Å². The van der Waals surface area contributed by atoms with Crippen LogP contribution in [0, 0.1) is 13.8 Å². The van der Waals surface area contributed by atoms with Crippen molar-refractivity contribution in [1.82, 2.24) is 15.4 Å². The Kier molecular flexibility index (Phi) is 7.74. The summed E-state index contributed by atoms with van der Waals surface area (Å²) in [5.74, 6) is 0.950. The number of benzene rings is 1. The van der Waals surface area contributed by atoms with Crippen LogP contribution in [0.1, 0.15) is 23.7 Å². The summed E-state index contributed by atoms with van der Waals surface area (Å²) in [5.41, 5.74) is 4.93. The summed E-state index contributed by atoms with van der Waals surface area (Å²) in [7, 11) is 0. The second-order valence-corrected chi connectivity index (χ2v) is 6.35. The summed E-state index contributed by atoms with van der Waals surface area (Å²) in [6, 6.07) is 8.40. The van der Waals surface area contributed by atoms with Crippen molar-refractivity contribution in [2.75, 3.05) is 37.6 Å². The number of hydrogen-bond acceptors (Lipinski definition) is 4. The number of aromatic nitrogens is 1. The van der Waals surface area contributed by atoms with Gasteiger partial charge in [0.25, 0.3) is 0 Å². The topological polar surface area (TPSA) is 56.9 Å². The van der Waals surface area contributed by atoms with Crippen molar-refractivity contribution in [3.05, 3.63) is 47.3 Å². The van der Waals surface area contributed by atoms with Gasteiger partial charge in [0.1, 0.15) is 12.0 Å². The van der Waals surface area contributed by atoms with Crippen LogP contribution < -0.4 is 10.2 Å². The molecule has 0 saturated carbocycles. The molecule has 7 heteroatoms. The average molecular weight is 469 g/mol. The fourth-order valence-corrected chi connectivity index (χ4v) is 3.14. The lowest BCUT2D eigenvalue weighted by Crippen LogP contribution is -2.52. The van der Waals surface area contributed by atoms with Crippen molar-refractivity contribution in [3.63, 3.8) is 0 Å². The SMILES string of the molecule is CCNC(=NCc1ccon1)N1CCN(c2cccc(C)c2C)CC1.I. The van der Waals surface area contributed by atoms with Crippen molar-refractivity contribution in [2.45, 2.75) is 27.3 Å². The fourth-order valence-electron chi connectivity index (χ4n) is 3.14. The average Bonchev–Trinajstić information content (AvgIpc) is 3.15. The summed E-state index contributed by atoms with van der Waals surface area (Å²) in [6.07, 6.45) is 1.58. The van der Waals surface area contributed by atoms with Crippen LogP contribution in [-0.4, -0.2) is 48.7 Å². The molecule has 0 amide bonds. The van der Waals surface area contributed by atoms with E-state index < -0.39 is 0 Å². The third-order valence-electron chi connectivity index (χ3n) is 4.71. The molecule has 142 valence electrons. The number of nitrogens with zero attached hydrogens (tertiary/aromatic N) is 4. The van der Waals surface area contributed by atoms with Crippen LogP contribution in [-0.2, 0) is 6.54 Å². The van der Waals surface area contributed by atoms with Gasteiger partial charge in [-0.1, -0.05) is 17.3 Å². The quantitative estimate of drug-likeness (QED) is 0.424. The number of piperazine rings is 1. The summed E-state index contributed by atoms with van der Waals surface area (Å²) in [6.45, 7) is 11.8. The molecule has 26 heavy (non-hydrogen) atoms. The fraction of sp³-hybridized carbons (Fsp3) is 0.474. The minimum absolute atomic E-state index is 0. The second-order valence-electron chi connectivity index (χ2n) is 6.35. The van der Waals surface area contributed by atoms with E-state index >= 15 is 0 Å². The maximum absolute atomic E-state index is 4.88. The smallest absolute Gasteiger partial charge is 0.194 e. The number of guanidine groups is 1. The van der Waals surface area contributed by atoms with Gasteiger partial charge in [-0.15, -0.1) is 24.0 Å². The van der Waals surface area contributed by atoms with Crippen LogP contribution in [0.3, 0.4) is 0 Å². The first-order valence-electron chi connectivity index (χ1n) is 8.92. The van der Waals surface area contributed by atoms with E-state index in [9.17, 15) is 0 Å². The largest absolute Gasteiger partial charge is 0.368 e. The molecule has 2 aromatic rings. The van der Waals surface area contributed by atoms with Crippen LogP contribution >= 0.6 is 24.0 Å². The number of aryl methyl sites for hydroxylation is 1. The molecule has 1 aromatic carbocycles. The summed E-state index contributed by atoms with van der Waals surface area (Å²) < 4.78 is 4.88. The van der Waals surface area contributed by atoms with E-state index in [-0.39, 0.29) is 24.0 Å². The maximum atomic E-state index is 4.88. The number of nitrogens with one attached hydrogen (secondary N) is 1. The van der Waals surface area contributed by atoms with E-state index in [0.717, 1.165) is 44.4 Å². The molecule has 1 fully saturated rings. The molecule has 3 rings (SSSR count). The predicted octanol–water partition coefficient (Wildman–Crippen LogP) is 3.20. The third-order valence-corrected chi connectivity index (χ3v) is 4.71. The Labute approximate surface area is 172 Å². The monoisotopic (exact) mass is 469 g/mol. The molecule has 1 aliphatic heterocycles. The molecular formula is C19H28IN5O. The molecule has 0 spiro atoms. The van der Waals surface area contributed by atoms with Gasteiger partial charge in [-0.2, -0.15) is 0 Å². The van der Waals surface area contributed by atoms with E-state index in [1.54, 1.807) is 6.26 Å². The first-order valence-corrected chi connectivity index (χ1v) is 8.92. The van der Waals surface area contributed by atoms with Gasteiger partial charge in [0, 0.05) is 44.5 Å². The molecule has 6 nitrogen and oxygen atoms in total. The summed E-state index contributed by atoms with van der Waals surface area (Å²) in [4.78, 5) is 9.50. The predicted molar refractivity (Wildman–Crippen MR) is 116 cm³/mol. The highest BCUT2D eigenvalue weighted by molar-refractivity contribution is 14.0. The molecule has 1 aliphatic rings. The van der Waals surface area contributed by atoms with Crippen LogP contribution in [0.15, 0.2) is 40.0 Å². The lowest BCUT2D eigenvalue weighted by atomic mass is 10.1. The Morgan fingerprint density at radius 1 is 1.19 bits per heavy atom. The second kappa shape index (κ2) is 9.80. The molecule has 1 saturated heterocycles. The van der Waals surface area contributed by atoms with Gasteiger partial charge in [0.05, 0.1) is 6.54 Å². The number of hydrogen-bond donors (Lipinski definition) is 1. The molecule has 0 aliphatic carbocycles. The first-order chi connectivity index (χ1) is 12.2. The Balaban J connectivity index is 0.00000243. The molecule has 0 unspecified atom stereocenters. The van der Waals surface area contributed by atoms with Crippen molar-refractivity contribution in [3.8, 4) is 0 Å². The van der Waals surface area contributed by atoms with Crippen molar-refractivity contribution in [1.29, 1.82) is 0 Å². The number of aliphatic imine (C=N–C) groups is 1. The zero-order valence-corrected chi connectivity index (χ0v) is 18.1. The van der Waals surface area contributed by atoms with Crippen molar-refractivity contribution in [2.24, 2.45) is 4.99 Å². The van der Waals surface area contributed by atoms with Crippen LogP contribution in [0.25, 0.3) is 0 Å². The van der Waals surface area contributed by atoms with E-state index in [0.29, 0.717) is 6.54 Å². The highest BCUT2D eigenvalue weighted by Crippen LogP contribution is 2.23. The Hall–Kier alpha value is -1.77. The molecule has 0 radical (unpaired) electrons. The zero-order chi connectivity index (χ0) is 17.6. The van der Waals surface area contributed by atoms with Gasteiger partial charge >= 0.3 is 0 Å². The Bertz CT molecular complexity index is 709. The van der Waals surface area contributed by atoms with Gasteiger partial charge in [-0.3, -0.25) is 0 Å². The minimum Gasteiger partial charge on any atom is -0.368 e. The Morgan fingerprint density at radius 3 is 2.62 bits per heavy atom. The zero-order valence-electron chi connectivity index (χ0n) is 15.7. The van der Waals surface area contributed by atoms with Gasteiger partial charge in [-0.25, -0.2) is 4.99 Å². The van der Waals surface area contributed by atoms with E-state index in [1.807, 2.05) is 6.07 Å². The molecule has 0 bridgehead atoms. The Morgan fingerprint density at radius 2 is 1.96 bits per heavy atom. The first kappa shape index (κ1) is 20.5. The van der Waals surface area contributed by atoms with E-state index in [2.05, 4.69) is 59.2 Å². The maximum Gasteiger partial charge on any atom is 0.194 e. The number of rotatable bonds is 4. The highest BCUT2D eigenvalue weighted by Gasteiger charge is 2.21. The van der Waals surface area contributed by atoms with Gasteiger partial charge in [0.15, 0.2) is 5.96 Å². The van der Waals surface area contributed by atoms with Crippen LogP contribution in [0.4, 0.5) is 5.69 Å². The lowest BCUT2D eigenvalue weighted by molar-refractivity contribution is 0.371. The molecular weight excluding hydrogens is 441 g/mol. The molecule has 2 heterocycles. The third kappa shape index (κ3) is 4.90. The van der Waals surface area contributed by atoms with Gasteiger partial charge in [0.2, 0.25) is 0 Å². The standard InChI is InChI=1S/C19H27N5O.HI/c1-4-20-19(21-14-17-8-13-25-22-17)24-11-9-23(10-12-24)18-7-5-6-15(2)16(18)3;/h5-8,13H,4,9-12,14H2,1-3H3,(H,20,21);1H. The number of anilines is 1. The van der Waals surface area contributed by atoms with Crippen molar-refractivity contribution >= 4 is 35.6 Å². The molecule has 0 atom stereocenters. The summed E-state index contributed by atoms with van der Waals surface area (Å²) in [5, 5.41) is 7.32. The summed E-state index contributed by atoms with van der Waals surface area (Å²) >= 11 is 0.